The number of carbonyl (C=O) groups is 1. The maximum absolute atomic E-state index is 11.6. The lowest BCUT2D eigenvalue weighted by molar-refractivity contribution is -0.143. The fraction of sp³-hybridized carbons (Fsp3) is 0.941. The second kappa shape index (κ2) is 13.8. The van der Waals surface area contributed by atoms with Crippen LogP contribution in [-0.2, 0) is 18.1 Å². The number of carboxylic acid groups (broad SMARTS) is 1. The van der Waals surface area contributed by atoms with Gasteiger partial charge in [0.25, 0.3) is 0 Å². The predicted octanol–water partition coefficient (Wildman–Crippen LogP) is 3.15. The second-order valence-electron chi connectivity index (χ2n) is 6.21. The summed E-state index contributed by atoms with van der Waals surface area (Å²) in [5, 5.41) is 12.8. The second-order valence-corrected chi connectivity index (χ2v) is 9.30. The summed E-state index contributed by atoms with van der Waals surface area (Å²) in [5.41, 5.74) is 0. The maximum atomic E-state index is 11.6. The van der Waals surface area contributed by atoms with Crippen molar-refractivity contribution in [2.45, 2.75) is 58.4 Å². The Labute approximate surface area is 148 Å². The SMILES string of the molecule is CCCCCC(CC)C(CNCCC[Si](OC)(OC)OC)C(=O)O. The van der Waals surface area contributed by atoms with Gasteiger partial charge in [0, 0.05) is 33.9 Å². The number of nitrogens with one attached hydrogen (secondary N) is 1. The molecule has 144 valence electrons. The van der Waals surface area contributed by atoms with Crippen LogP contribution in [0.5, 0.6) is 0 Å². The zero-order valence-corrected chi connectivity index (χ0v) is 17.1. The number of unbranched alkanes of at least 4 members (excludes halogenated alkanes) is 2. The largest absolute Gasteiger partial charge is 0.500 e. The van der Waals surface area contributed by atoms with Gasteiger partial charge < -0.3 is 23.7 Å². The van der Waals surface area contributed by atoms with Crippen molar-refractivity contribution in [3.63, 3.8) is 0 Å². The molecule has 0 saturated heterocycles. The van der Waals surface area contributed by atoms with Gasteiger partial charge in [0.15, 0.2) is 0 Å². The summed E-state index contributed by atoms with van der Waals surface area (Å²) in [6.07, 6.45) is 6.19. The van der Waals surface area contributed by atoms with E-state index in [1.54, 1.807) is 21.3 Å². The van der Waals surface area contributed by atoms with Gasteiger partial charge in [-0.2, -0.15) is 0 Å². The van der Waals surface area contributed by atoms with E-state index < -0.39 is 14.8 Å². The molecular formula is C17H37NO5Si. The van der Waals surface area contributed by atoms with Crippen LogP contribution in [0.2, 0.25) is 6.04 Å². The van der Waals surface area contributed by atoms with Gasteiger partial charge >= 0.3 is 14.8 Å². The Morgan fingerprint density at radius 1 is 1.08 bits per heavy atom. The Bertz CT molecular complexity index is 318. The molecule has 0 fully saturated rings. The average molecular weight is 364 g/mol. The van der Waals surface area contributed by atoms with Crippen molar-refractivity contribution >= 4 is 14.8 Å². The van der Waals surface area contributed by atoms with Crippen LogP contribution < -0.4 is 5.32 Å². The van der Waals surface area contributed by atoms with Crippen LogP contribution in [0.15, 0.2) is 0 Å². The van der Waals surface area contributed by atoms with Crippen LogP contribution in [0.1, 0.15) is 52.4 Å². The number of aliphatic carboxylic acids is 1. The van der Waals surface area contributed by atoms with E-state index in [-0.39, 0.29) is 11.8 Å². The van der Waals surface area contributed by atoms with E-state index in [2.05, 4.69) is 19.2 Å². The zero-order chi connectivity index (χ0) is 18.4. The van der Waals surface area contributed by atoms with Crippen molar-refractivity contribution in [1.82, 2.24) is 5.32 Å². The number of carboxylic acids is 1. The highest BCUT2D eigenvalue weighted by Crippen LogP contribution is 2.23. The first-order valence-electron chi connectivity index (χ1n) is 9.09. The van der Waals surface area contributed by atoms with Gasteiger partial charge in [-0.3, -0.25) is 4.79 Å². The normalized spacial score (nSPS) is 14.5. The van der Waals surface area contributed by atoms with E-state index in [0.717, 1.165) is 44.7 Å². The summed E-state index contributed by atoms with van der Waals surface area (Å²) >= 11 is 0. The minimum atomic E-state index is -2.52. The van der Waals surface area contributed by atoms with Gasteiger partial charge in [-0.05, 0) is 25.3 Å². The molecule has 0 bridgehead atoms. The third kappa shape index (κ3) is 8.57. The van der Waals surface area contributed by atoms with E-state index in [0.29, 0.717) is 6.54 Å². The molecule has 0 radical (unpaired) electrons. The Morgan fingerprint density at radius 3 is 2.17 bits per heavy atom. The molecule has 0 aromatic carbocycles. The predicted molar refractivity (Wildman–Crippen MR) is 98.1 cm³/mol. The molecule has 0 aliphatic rings. The number of hydrogen-bond donors (Lipinski definition) is 2. The summed E-state index contributed by atoms with van der Waals surface area (Å²) < 4.78 is 16.2. The van der Waals surface area contributed by atoms with E-state index in [9.17, 15) is 9.90 Å². The van der Waals surface area contributed by atoms with Crippen molar-refractivity contribution in [3.8, 4) is 0 Å². The Balaban J connectivity index is 4.27. The van der Waals surface area contributed by atoms with Crippen LogP contribution in [0.3, 0.4) is 0 Å². The van der Waals surface area contributed by atoms with Crippen molar-refractivity contribution in [2.75, 3.05) is 34.4 Å². The quantitative estimate of drug-likeness (QED) is 0.324. The fourth-order valence-electron chi connectivity index (χ4n) is 3.05. The highest BCUT2D eigenvalue weighted by Gasteiger charge is 2.36. The topological polar surface area (TPSA) is 77.0 Å². The maximum Gasteiger partial charge on any atom is 0.500 e. The smallest absolute Gasteiger partial charge is 0.481 e. The lowest BCUT2D eigenvalue weighted by Crippen LogP contribution is -2.43. The first kappa shape index (κ1) is 23.5. The average Bonchev–Trinajstić information content (AvgIpc) is 2.59. The summed E-state index contributed by atoms with van der Waals surface area (Å²) in [5.74, 6) is -0.770. The molecule has 0 spiro atoms. The standard InChI is InChI=1S/C17H37NO5Si/c1-6-8-9-11-15(7-2)16(17(19)20)14-18-12-10-13-24(21-3,22-4)23-5/h15-16,18H,6-14H2,1-5H3,(H,19,20). The van der Waals surface area contributed by atoms with Crippen LogP contribution in [0.25, 0.3) is 0 Å². The van der Waals surface area contributed by atoms with Crippen molar-refractivity contribution in [1.29, 1.82) is 0 Å². The molecule has 0 aliphatic carbocycles. The first-order chi connectivity index (χ1) is 11.5. The molecule has 0 heterocycles. The molecule has 6 nitrogen and oxygen atoms in total. The Morgan fingerprint density at radius 2 is 1.71 bits per heavy atom. The summed E-state index contributed by atoms with van der Waals surface area (Å²) in [6, 6.07) is 0.717. The van der Waals surface area contributed by atoms with Crippen LogP contribution in [0.4, 0.5) is 0 Å². The minimum Gasteiger partial charge on any atom is -0.481 e. The van der Waals surface area contributed by atoms with Crippen LogP contribution in [-0.4, -0.2) is 54.3 Å². The lowest BCUT2D eigenvalue weighted by atomic mass is 9.85. The van der Waals surface area contributed by atoms with Gasteiger partial charge in [-0.1, -0.05) is 39.5 Å². The molecule has 0 rings (SSSR count). The van der Waals surface area contributed by atoms with Crippen molar-refractivity contribution < 1.29 is 23.2 Å². The molecule has 2 atom stereocenters. The van der Waals surface area contributed by atoms with Gasteiger partial charge in [-0.25, -0.2) is 0 Å². The van der Waals surface area contributed by atoms with Gasteiger partial charge in [0.1, 0.15) is 0 Å². The van der Waals surface area contributed by atoms with Gasteiger partial charge in [0.05, 0.1) is 5.92 Å². The lowest BCUT2D eigenvalue weighted by Gasteiger charge is -2.25. The highest BCUT2D eigenvalue weighted by molar-refractivity contribution is 6.60. The molecule has 2 unspecified atom stereocenters. The van der Waals surface area contributed by atoms with Crippen molar-refractivity contribution in [3.05, 3.63) is 0 Å². The van der Waals surface area contributed by atoms with Crippen LogP contribution >= 0.6 is 0 Å². The van der Waals surface area contributed by atoms with Crippen LogP contribution in [0, 0.1) is 11.8 Å². The molecule has 0 aromatic rings. The number of rotatable bonds is 16. The summed E-state index contributed by atoms with van der Waals surface area (Å²) in [4.78, 5) is 11.6. The Hall–Kier alpha value is -0.473. The minimum absolute atomic E-state index is 0.243. The monoisotopic (exact) mass is 363 g/mol. The highest BCUT2D eigenvalue weighted by atomic mass is 28.4. The molecule has 0 aliphatic heterocycles. The summed E-state index contributed by atoms with van der Waals surface area (Å²) in [6.45, 7) is 5.50. The van der Waals surface area contributed by atoms with E-state index in [4.69, 9.17) is 13.3 Å². The number of hydrogen-bond acceptors (Lipinski definition) is 5. The van der Waals surface area contributed by atoms with Gasteiger partial charge in [-0.15, -0.1) is 0 Å². The van der Waals surface area contributed by atoms with E-state index in [1.807, 2.05) is 0 Å². The van der Waals surface area contributed by atoms with E-state index >= 15 is 0 Å². The molecule has 0 saturated carbocycles. The molecule has 0 aromatic heterocycles. The Kier molecular flexibility index (Phi) is 13.5. The van der Waals surface area contributed by atoms with Crippen molar-refractivity contribution in [2.24, 2.45) is 11.8 Å². The third-order valence-corrected chi connectivity index (χ3v) is 7.55. The zero-order valence-electron chi connectivity index (χ0n) is 16.1. The first-order valence-corrected chi connectivity index (χ1v) is 11.0. The third-order valence-electron chi connectivity index (χ3n) is 4.72. The summed E-state index contributed by atoms with van der Waals surface area (Å²) in [7, 11) is 2.30. The fourth-order valence-corrected chi connectivity index (χ4v) is 4.77. The molecule has 24 heavy (non-hydrogen) atoms. The molecule has 2 N–H and O–H groups in total. The molecule has 7 heteroatoms. The molecular weight excluding hydrogens is 326 g/mol. The van der Waals surface area contributed by atoms with Gasteiger partial charge in [0.2, 0.25) is 0 Å². The van der Waals surface area contributed by atoms with E-state index in [1.165, 1.54) is 6.42 Å². The molecule has 0 amide bonds.